The first kappa shape index (κ1) is 30.5. The molecule has 208 valence electrons. The molecule has 10 heteroatoms. The second-order valence-electron chi connectivity index (χ2n) is 9.71. The van der Waals surface area contributed by atoms with Gasteiger partial charge in [0, 0.05) is 22.6 Å². The number of sulfonamides is 1. The first-order valence-corrected chi connectivity index (χ1v) is 14.7. The standard InChI is InChI=1S/C29H33Cl2N3O4S/c1-19(2)32-29(36)22(5)33(17-23-12-13-24(30)16-26(23)31)28(35)18-34(27-9-7-6-8-21(27)4)39(37,38)25-14-10-20(3)11-15-25/h6-16,19,22H,17-18H2,1-5H3,(H,32,36). The maximum Gasteiger partial charge on any atom is 0.264 e. The van der Waals surface area contributed by atoms with Crippen LogP contribution in [0.2, 0.25) is 10.0 Å². The Morgan fingerprint density at radius 2 is 1.56 bits per heavy atom. The molecule has 1 atom stereocenters. The van der Waals surface area contributed by atoms with E-state index in [1.807, 2.05) is 20.8 Å². The third kappa shape index (κ3) is 7.53. The Labute approximate surface area is 240 Å². The van der Waals surface area contributed by atoms with E-state index in [0.29, 0.717) is 26.9 Å². The molecule has 3 aromatic carbocycles. The zero-order chi connectivity index (χ0) is 28.9. The SMILES string of the molecule is Cc1ccc(S(=O)(=O)N(CC(=O)N(Cc2ccc(Cl)cc2Cl)C(C)C(=O)NC(C)C)c2ccccc2C)cc1. The minimum absolute atomic E-state index is 0.0201. The molecule has 0 radical (unpaired) electrons. The van der Waals surface area contributed by atoms with Crippen LogP contribution in [0.15, 0.2) is 71.6 Å². The Bertz CT molecular complexity index is 1440. The molecule has 0 spiro atoms. The van der Waals surface area contributed by atoms with Gasteiger partial charge in [-0.05, 0) is 76.1 Å². The van der Waals surface area contributed by atoms with Crippen molar-refractivity contribution in [3.8, 4) is 0 Å². The van der Waals surface area contributed by atoms with Gasteiger partial charge in [-0.2, -0.15) is 0 Å². The maximum atomic E-state index is 14.0. The van der Waals surface area contributed by atoms with E-state index in [2.05, 4.69) is 5.32 Å². The number of aryl methyl sites for hydroxylation is 2. The van der Waals surface area contributed by atoms with Gasteiger partial charge in [-0.3, -0.25) is 13.9 Å². The number of nitrogens with zero attached hydrogens (tertiary/aromatic N) is 2. The topological polar surface area (TPSA) is 86.8 Å². The highest BCUT2D eigenvalue weighted by Crippen LogP contribution is 2.28. The first-order valence-electron chi connectivity index (χ1n) is 12.5. The predicted octanol–water partition coefficient (Wildman–Crippen LogP) is 5.75. The van der Waals surface area contributed by atoms with Crippen molar-refractivity contribution in [1.82, 2.24) is 10.2 Å². The molecular weight excluding hydrogens is 557 g/mol. The Morgan fingerprint density at radius 3 is 2.15 bits per heavy atom. The summed E-state index contributed by atoms with van der Waals surface area (Å²) in [6, 6.07) is 17.2. The van der Waals surface area contributed by atoms with E-state index in [0.717, 1.165) is 9.87 Å². The maximum absolute atomic E-state index is 14.0. The molecule has 0 fully saturated rings. The van der Waals surface area contributed by atoms with E-state index < -0.39 is 28.5 Å². The molecule has 7 nitrogen and oxygen atoms in total. The molecule has 0 saturated carbocycles. The highest BCUT2D eigenvalue weighted by Gasteiger charge is 2.33. The average molecular weight is 591 g/mol. The van der Waals surface area contributed by atoms with Crippen LogP contribution in [0.1, 0.15) is 37.5 Å². The number of hydrogen-bond donors (Lipinski definition) is 1. The van der Waals surface area contributed by atoms with Crippen LogP contribution < -0.4 is 9.62 Å². The van der Waals surface area contributed by atoms with Crippen molar-refractivity contribution in [3.63, 3.8) is 0 Å². The quantitative estimate of drug-likeness (QED) is 0.326. The molecule has 1 unspecified atom stereocenters. The van der Waals surface area contributed by atoms with Gasteiger partial charge in [-0.25, -0.2) is 8.42 Å². The molecular formula is C29H33Cl2N3O4S. The number of anilines is 1. The van der Waals surface area contributed by atoms with E-state index in [4.69, 9.17) is 23.2 Å². The summed E-state index contributed by atoms with van der Waals surface area (Å²) in [5.41, 5.74) is 2.53. The monoisotopic (exact) mass is 589 g/mol. The molecule has 1 N–H and O–H groups in total. The summed E-state index contributed by atoms with van der Waals surface area (Å²) in [7, 11) is -4.13. The van der Waals surface area contributed by atoms with Crippen molar-refractivity contribution < 1.29 is 18.0 Å². The lowest BCUT2D eigenvalue weighted by atomic mass is 10.1. The van der Waals surface area contributed by atoms with Crippen LogP contribution in [0, 0.1) is 13.8 Å². The summed E-state index contributed by atoms with van der Waals surface area (Å²) in [6.45, 7) is 8.34. The molecule has 0 aromatic heterocycles. The summed E-state index contributed by atoms with van der Waals surface area (Å²) in [5, 5.41) is 3.59. The summed E-state index contributed by atoms with van der Waals surface area (Å²) < 4.78 is 28.9. The van der Waals surface area contributed by atoms with Gasteiger partial charge in [-0.15, -0.1) is 0 Å². The summed E-state index contributed by atoms with van der Waals surface area (Å²) in [6.07, 6.45) is 0. The van der Waals surface area contributed by atoms with E-state index >= 15 is 0 Å². The average Bonchev–Trinajstić information content (AvgIpc) is 2.86. The highest BCUT2D eigenvalue weighted by molar-refractivity contribution is 7.92. The number of nitrogens with one attached hydrogen (secondary N) is 1. The van der Waals surface area contributed by atoms with E-state index in [-0.39, 0.29) is 23.4 Å². The van der Waals surface area contributed by atoms with E-state index in [9.17, 15) is 18.0 Å². The van der Waals surface area contributed by atoms with E-state index in [1.165, 1.54) is 17.0 Å². The molecule has 0 aliphatic rings. The largest absolute Gasteiger partial charge is 0.352 e. The smallest absolute Gasteiger partial charge is 0.264 e. The van der Waals surface area contributed by atoms with Crippen LogP contribution in [0.4, 0.5) is 5.69 Å². The summed E-state index contributed by atoms with van der Waals surface area (Å²) >= 11 is 12.5. The van der Waals surface area contributed by atoms with Crippen LogP contribution in [-0.4, -0.2) is 43.8 Å². The highest BCUT2D eigenvalue weighted by atomic mass is 35.5. The Kier molecular flexibility index (Phi) is 10.0. The summed E-state index contributed by atoms with van der Waals surface area (Å²) in [5.74, 6) is -0.932. The number of rotatable bonds is 10. The van der Waals surface area contributed by atoms with Crippen molar-refractivity contribution in [2.45, 2.75) is 58.1 Å². The van der Waals surface area contributed by atoms with Crippen molar-refractivity contribution in [2.24, 2.45) is 0 Å². The van der Waals surface area contributed by atoms with Gasteiger partial charge in [0.2, 0.25) is 11.8 Å². The second-order valence-corrected chi connectivity index (χ2v) is 12.4. The zero-order valence-electron chi connectivity index (χ0n) is 22.6. The van der Waals surface area contributed by atoms with Crippen LogP contribution in [0.5, 0.6) is 0 Å². The molecule has 0 aliphatic carbocycles. The fourth-order valence-corrected chi connectivity index (χ4v) is 5.96. The molecule has 0 bridgehead atoms. The minimum Gasteiger partial charge on any atom is -0.352 e. The Balaban J connectivity index is 2.06. The number of hydrogen-bond acceptors (Lipinski definition) is 4. The zero-order valence-corrected chi connectivity index (χ0v) is 24.9. The lowest BCUT2D eigenvalue weighted by Crippen LogP contribution is -2.52. The Morgan fingerprint density at radius 1 is 0.923 bits per heavy atom. The fraction of sp³-hybridized carbons (Fsp3) is 0.310. The fourth-order valence-electron chi connectivity index (χ4n) is 4.02. The van der Waals surface area contributed by atoms with Crippen molar-refractivity contribution >= 4 is 50.7 Å². The second kappa shape index (κ2) is 12.9. The number of carbonyl (C=O) groups is 2. The summed E-state index contributed by atoms with van der Waals surface area (Å²) in [4.78, 5) is 28.3. The van der Waals surface area contributed by atoms with Crippen molar-refractivity contribution in [1.29, 1.82) is 0 Å². The van der Waals surface area contributed by atoms with Crippen LogP contribution in [-0.2, 0) is 26.2 Å². The predicted molar refractivity (Wildman–Crippen MR) is 157 cm³/mol. The van der Waals surface area contributed by atoms with Gasteiger partial charge in [0.25, 0.3) is 10.0 Å². The normalized spacial score (nSPS) is 12.2. The molecule has 0 aliphatic heterocycles. The van der Waals surface area contributed by atoms with E-state index in [1.54, 1.807) is 68.4 Å². The molecule has 39 heavy (non-hydrogen) atoms. The Hall–Kier alpha value is -3.07. The third-order valence-corrected chi connectivity index (χ3v) is 8.59. The number of para-hydroxylation sites is 1. The van der Waals surface area contributed by atoms with Gasteiger partial charge in [0.05, 0.1) is 10.6 Å². The molecule has 3 rings (SSSR count). The number of amides is 2. The van der Waals surface area contributed by atoms with Crippen molar-refractivity contribution in [2.75, 3.05) is 10.8 Å². The molecule has 0 heterocycles. The molecule has 2 amide bonds. The van der Waals surface area contributed by atoms with Gasteiger partial charge < -0.3 is 10.2 Å². The number of benzene rings is 3. The van der Waals surface area contributed by atoms with Gasteiger partial charge in [0.15, 0.2) is 0 Å². The number of halogens is 2. The van der Waals surface area contributed by atoms with Gasteiger partial charge in [-0.1, -0.05) is 65.2 Å². The minimum atomic E-state index is -4.13. The first-order chi connectivity index (χ1) is 18.3. The third-order valence-electron chi connectivity index (χ3n) is 6.23. The van der Waals surface area contributed by atoms with Crippen molar-refractivity contribution in [3.05, 3.63) is 93.5 Å². The molecule has 0 saturated heterocycles. The lowest BCUT2D eigenvalue weighted by Gasteiger charge is -2.33. The van der Waals surface area contributed by atoms with Crippen LogP contribution >= 0.6 is 23.2 Å². The van der Waals surface area contributed by atoms with Crippen LogP contribution in [0.25, 0.3) is 0 Å². The lowest BCUT2D eigenvalue weighted by molar-refractivity contribution is -0.139. The number of carbonyl (C=O) groups excluding carboxylic acids is 2. The van der Waals surface area contributed by atoms with Gasteiger partial charge >= 0.3 is 0 Å². The molecule has 3 aromatic rings. The van der Waals surface area contributed by atoms with Crippen LogP contribution in [0.3, 0.4) is 0 Å². The van der Waals surface area contributed by atoms with Gasteiger partial charge in [0.1, 0.15) is 12.6 Å².